The lowest BCUT2D eigenvalue weighted by molar-refractivity contribution is -0.387. The first-order chi connectivity index (χ1) is 10.0. The molecule has 0 atom stereocenters. The SMILES string of the molecule is CNc1ncnc(Sc2ccc([N+](=O)[O-])cc2)c1[N+](=O)[O-]. The van der Waals surface area contributed by atoms with E-state index in [1.807, 2.05) is 0 Å². The molecule has 0 saturated carbocycles. The van der Waals surface area contributed by atoms with Gasteiger partial charge in [-0.15, -0.1) is 0 Å². The van der Waals surface area contributed by atoms with Crippen LogP contribution in [0.5, 0.6) is 0 Å². The molecule has 108 valence electrons. The zero-order chi connectivity index (χ0) is 15.4. The molecule has 0 unspecified atom stereocenters. The minimum atomic E-state index is -0.570. The number of nitrogens with zero attached hydrogens (tertiary/aromatic N) is 4. The highest BCUT2D eigenvalue weighted by atomic mass is 32.2. The van der Waals surface area contributed by atoms with Crippen LogP contribution in [0.4, 0.5) is 17.2 Å². The van der Waals surface area contributed by atoms with E-state index in [4.69, 9.17) is 0 Å². The Morgan fingerprint density at radius 1 is 1.10 bits per heavy atom. The molecule has 1 N–H and O–H groups in total. The number of rotatable bonds is 5. The maximum atomic E-state index is 11.1. The summed E-state index contributed by atoms with van der Waals surface area (Å²) in [6, 6.07) is 5.67. The number of nitrogens with one attached hydrogen (secondary N) is 1. The molecule has 10 heteroatoms. The van der Waals surface area contributed by atoms with Crippen LogP contribution in [-0.2, 0) is 0 Å². The van der Waals surface area contributed by atoms with E-state index in [1.54, 1.807) is 0 Å². The fourth-order valence-corrected chi connectivity index (χ4v) is 2.40. The highest BCUT2D eigenvalue weighted by Crippen LogP contribution is 2.36. The van der Waals surface area contributed by atoms with Crippen molar-refractivity contribution in [2.75, 3.05) is 12.4 Å². The van der Waals surface area contributed by atoms with Gasteiger partial charge in [-0.2, -0.15) is 0 Å². The molecule has 1 aromatic heterocycles. The third-order valence-electron chi connectivity index (χ3n) is 2.47. The molecule has 1 aromatic carbocycles. The van der Waals surface area contributed by atoms with E-state index in [2.05, 4.69) is 15.3 Å². The summed E-state index contributed by atoms with van der Waals surface area (Å²) >= 11 is 1.04. The molecule has 0 amide bonds. The van der Waals surface area contributed by atoms with Crippen LogP contribution in [-0.4, -0.2) is 26.9 Å². The number of non-ortho nitro benzene ring substituents is 1. The predicted octanol–water partition coefficient (Wildman–Crippen LogP) is 2.49. The summed E-state index contributed by atoms with van der Waals surface area (Å²) in [6.07, 6.45) is 1.21. The second-order valence-electron chi connectivity index (χ2n) is 3.74. The zero-order valence-corrected chi connectivity index (χ0v) is 11.5. The fourth-order valence-electron chi connectivity index (χ4n) is 1.53. The second kappa shape index (κ2) is 6.13. The van der Waals surface area contributed by atoms with Crippen molar-refractivity contribution in [2.24, 2.45) is 0 Å². The molecule has 9 nitrogen and oxygen atoms in total. The van der Waals surface area contributed by atoms with Gasteiger partial charge in [0, 0.05) is 24.1 Å². The molecule has 2 rings (SSSR count). The molecule has 1 heterocycles. The molecule has 0 aliphatic rings. The number of nitro groups is 2. The van der Waals surface area contributed by atoms with E-state index >= 15 is 0 Å². The quantitative estimate of drug-likeness (QED) is 0.507. The molecule has 0 radical (unpaired) electrons. The van der Waals surface area contributed by atoms with Gasteiger partial charge in [0.05, 0.1) is 9.85 Å². The summed E-state index contributed by atoms with van der Waals surface area (Å²) in [6.45, 7) is 0. The normalized spacial score (nSPS) is 10.1. The number of aromatic nitrogens is 2. The molecule has 0 saturated heterocycles. The number of benzene rings is 1. The van der Waals surface area contributed by atoms with Gasteiger partial charge in [0.15, 0.2) is 5.03 Å². The summed E-state index contributed by atoms with van der Waals surface area (Å²) in [7, 11) is 1.52. The first-order valence-corrected chi connectivity index (χ1v) is 6.44. The lowest BCUT2D eigenvalue weighted by Gasteiger charge is -2.05. The first kappa shape index (κ1) is 14.7. The summed E-state index contributed by atoms with van der Waals surface area (Å²) in [5, 5.41) is 24.5. The number of hydrogen-bond donors (Lipinski definition) is 1. The Kier molecular flexibility index (Phi) is 4.28. The van der Waals surface area contributed by atoms with Crippen LogP contribution in [0.1, 0.15) is 0 Å². The summed E-state index contributed by atoms with van der Waals surface area (Å²) in [5.74, 6) is 0.111. The van der Waals surface area contributed by atoms with E-state index < -0.39 is 9.85 Å². The summed E-state index contributed by atoms with van der Waals surface area (Å²) in [4.78, 5) is 28.9. The summed E-state index contributed by atoms with van der Waals surface area (Å²) in [5.41, 5.74) is -0.282. The number of nitro benzene ring substituents is 1. The Labute approximate surface area is 122 Å². The average Bonchev–Trinajstić information content (AvgIpc) is 2.47. The third kappa shape index (κ3) is 3.23. The van der Waals surface area contributed by atoms with Gasteiger partial charge in [-0.05, 0) is 12.1 Å². The Balaban J connectivity index is 2.35. The van der Waals surface area contributed by atoms with Crippen molar-refractivity contribution in [3.63, 3.8) is 0 Å². The lowest BCUT2D eigenvalue weighted by Crippen LogP contribution is -2.02. The molecule has 2 aromatic rings. The largest absolute Gasteiger partial charge is 0.367 e. The van der Waals surface area contributed by atoms with Crippen LogP contribution in [0.2, 0.25) is 0 Å². The van der Waals surface area contributed by atoms with Gasteiger partial charge in [-0.1, -0.05) is 11.8 Å². The first-order valence-electron chi connectivity index (χ1n) is 5.62. The number of anilines is 1. The van der Waals surface area contributed by atoms with Gasteiger partial charge in [0.1, 0.15) is 6.33 Å². The Bertz CT molecular complexity index is 692. The second-order valence-corrected chi connectivity index (χ2v) is 4.80. The van der Waals surface area contributed by atoms with Crippen molar-refractivity contribution >= 4 is 29.0 Å². The Morgan fingerprint density at radius 2 is 1.76 bits per heavy atom. The Hall–Kier alpha value is -2.75. The van der Waals surface area contributed by atoms with Crippen LogP contribution in [0, 0.1) is 20.2 Å². The maximum Gasteiger partial charge on any atom is 0.343 e. The van der Waals surface area contributed by atoms with Crippen molar-refractivity contribution in [1.29, 1.82) is 0 Å². The average molecular weight is 307 g/mol. The van der Waals surface area contributed by atoms with Gasteiger partial charge >= 0.3 is 5.69 Å². The smallest absolute Gasteiger partial charge is 0.343 e. The molecule has 0 aliphatic carbocycles. The summed E-state index contributed by atoms with van der Waals surface area (Å²) < 4.78 is 0. The lowest BCUT2D eigenvalue weighted by atomic mass is 10.3. The molecular formula is C11H9N5O4S. The van der Waals surface area contributed by atoms with Gasteiger partial charge in [-0.25, -0.2) is 9.97 Å². The van der Waals surface area contributed by atoms with Crippen molar-refractivity contribution < 1.29 is 9.85 Å². The standard InChI is InChI=1S/C11H9N5O4S/c1-12-10-9(16(19)20)11(14-6-13-10)21-8-4-2-7(3-5-8)15(17)18/h2-6H,1H3,(H,12,13,14). The molecule has 21 heavy (non-hydrogen) atoms. The minimum absolute atomic E-state index is 0.0487. The van der Waals surface area contributed by atoms with Crippen molar-refractivity contribution in [3.8, 4) is 0 Å². The van der Waals surface area contributed by atoms with Crippen LogP contribution in [0.3, 0.4) is 0 Å². The van der Waals surface area contributed by atoms with E-state index in [-0.39, 0.29) is 22.2 Å². The van der Waals surface area contributed by atoms with Crippen molar-refractivity contribution in [1.82, 2.24) is 9.97 Å². The van der Waals surface area contributed by atoms with Gasteiger partial charge in [0.25, 0.3) is 5.69 Å². The molecule has 0 aliphatic heterocycles. The van der Waals surface area contributed by atoms with Gasteiger partial charge in [-0.3, -0.25) is 20.2 Å². The van der Waals surface area contributed by atoms with E-state index in [9.17, 15) is 20.2 Å². The van der Waals surface area contributed by atoms with Gasteiger partial charge < -0.3 is 5.32 Å². The highest BCUT2D eigenvalue weighted by Gasteiger charge is 2.23. The topological polar surface area (TPSA) is 124 Å². The van der Waals surface area contributed by atoms with E-state index in [0.717, 1.165) is 11.8 Å². The molecular weight excluding hydrogens is 298 g/mol. The van der Waals surface area contributed by atoms with Crippen LogP contribution in [0.25, 0.3) is 0 Å². The highest BCUT2D eigenvalue weighted by molar-refractivity contribution is 7.99. The van der Waals surface area contributed by atoms with Crippen LogP contribution < -0.4 is 5.32 Å². The molecule has 0 bridgehead atoms. The number of hydrogen-bond acceptors (Lipinski definition) is 8. The fraction of sp³-hybridized carbons (Fsp3) is 0.0909. The van der Waals surface area contributed by atoms with Gasteiger partial charge in [0.2, 0.25) is 5.82 Å². The minimum Gasteiger partial charge on any atom is -0.367 e. The van der Waals surface area contributed by atoms with Crippen molar-refractivity contribution in [3.05, 3.63) is 50.8 Å². The predicted molar refractivity (Wildman–Crippen MR) is 75.5 cm³/mol. The van der Waals surface area contributed by atoms with E-state index in [0.29, 0.717) is 4.90 Å². The zero-order valence-electron chi connectivity index (χ0n) is 10.7. The molecule has 0 fully saturated rings. The monoisotopic (exact) mass is 307 g/mol. The Morgan fingerprint density at radius 3 is 2.29 bits per heavy atom. The van der Waals surface area contributed by atoms with Crippen molar-refractivity contribution in [2.45, 2.75) is 9.92 Å². The van der Waals surface area contributed by atoms with Crippen LogP contribution in [0.15, 0.2) is 40.5 Å². The molecule has 0 spiro atoms. The maximum absolute atomic E-state index is 11.1. The van der Waals surface area contributed by atoms with E-state index in [1.165, 1.54) is 37.6 Å². The van der Waals surface area contributed by atoms with Crippen LogP contribution >= 0.6 is 11.8 Å². The third-order valence-corrected chi connectivity index (χ3v) is 3.47.